The van der Waals surface area contributed by atoms with Gasteiger partial charge in [-0.05, 0) is 48.9 Å². The number of aromatic nitrogens is 3. The van der Waals surface area contributed by atoms with Crippen molar-refractivity contribution in [2.45, 2.75) is 13.0 Å². The summed E-state index contributed by atoms with van der Waals surface area (Å²) in [5, 5.41) is 15.3. The molecular formula is C22H21BrFN5OS. The van der Waals surface area contributed by atoms with E-state index in [0.29, 0.717) is 10.8 Å². The van der Waals surface area contributed by atoms with Gasteiger partial charge in [-0.25, -0.2) is 9.37 Å². The number of benzene rings is 2. The second-order valence-electron chi connectivity index (χ2n) is 7.60. The molecule has 0 aliphatic carbocycles. The van der Waals surface area contributed by atoms with E-state index in [1.54, 1.807) is 0 Å². The summed E-state index contributed by atoms with van der Waals surface area (Å²) < 4.78 is 15.8. The molecule has 5 rings (SSSR count). The number of halogens is 2. The number of anilines is 1. The maximum absolute atomic E-state index is 13.3. The van der Waals surface area contributed by atoms with E-state index in [1.807, 2.05) is 31.2 Å². The van der Waals surface area contributed by atoms with Gasteiger partial charge in [-0.3, -0.25) is 4.90 Å². The normalized spacial score (nSPS) is 16.2. The predicted molar refractivity (Wildman–Crippen MR) is 123 cm³/mol. The molecule has 0 saturated carbocycles. The van der Waals surface area contributed by atoms with E-state index in [1.165, 1.54) is 28.0 Å². The highest BCUT2D eigenvalue weighted by molar-refractivity contribution is 9.10. The largest absolute Gasteiger partial charge is 0.492 e. The predicted octanol–water partition coefficient (Wildman–Crippen LogP) is 4.62. The molecule has 0 radical (unpaired) electrons. The lowest BCUT2D eigenvalue weighted by Gasteiger charge is -2.40. The van der Waals surface area contributed by atoms with Crippen LogP contribution in [0, 0.1) is 12.7 Å². The minimum atomic E-state index is -0.223. The Hall–Kier alpha value is -2.49. The number of hydrogen-bond donors (Lipinski definition) is 1. The SMILES string of the molecule is Cc1nc2sc([C@H](c3cccc(Br)c3)N3CCN(c4ccc(F)cc4)CC3)c(O)n2n1. The van der Waals surface area contributed by atoms with Crippen molar-refractivity contribution < 1.29 is 9.50 Å². The van der Waals surface area contributed by atoms with E-state index in [4.69, 9.17) is 0 Å². The molecule has 1 atom stereocenters. The van der Waals surface area contributed by atoms with Crippen molar-refractivity contribution in [1.82, 2.24) is 19.5 Å². The molecule has 2 aromatic heterocycles. The van der Waals surface area contributed by atoms with E-state index in [2.05, 4.69) is 47.9 Å². The topological polar surface area (TPSA) is 56.9 Å². The molecule has 6 nitrogen and oxygen atoms in total. The summed E-state index contributed by atoms with van der Waals surface area (Å²) in [4.78, 5) is 10.6. The molecule has 9 heteroatoms. The van der Waals surface area contributed by atoms with Crippen LogP contribution in [0.25, 0.3) is 4.96 Å². The number of fused-ring (bicyclic) bond motifs is 1. The average Bonchev–Trinajstić information content (AvgIpc) is 3.27. The van der Waals surface area contributed by atoms with Crippen LogP contribution in [0.2, 0.25) is 0 Å². The highest BCUT2D eigenvalue weighted by Crippen LogP contribution is 2.41. The summed E-state index contributed by atoms with van der Waals surface area (Å²) in [5.74, 6) is 0.561. The average molecular weight is 502 g/mol. The van der Waals surface area contributed by atoms with Crippen LogP contribution in [-0.4, -0.2) is 50.8 Å². The van der Waals surface area contributed by atoms with Gasteiger partial charge in [-0.2, -0.15) is 4.52 Å². The van der Waals surface area contributed by atoms with E-state index < -0.39 is 0 Å². The van der Waals surface area contributed by atoms with Crippen LogP contribution in [0.5, 0.6) is 5.88 Å². The molecule has 0 unspecified atom stereocenters. The molecule has 1 N–H and O–H groups in total. The first-order valence-corrected chi connectivity index (χ1v) is 11.7. The molecule has 4 aromatic rings. The smallest absolute Gasteiger partial charge is 0.230 e. The van der Waals surface area contributed by atoms with Crippen molar-refractivity contribution in [2.24, 2.45) is 0 Å². The van der Waals surface area contributed by atoms with Gasteiger partial charge in [0.05, 0.1) is 10.9 Å². The third kappa shape index (κ3) is 3.93. The van der Waals surface area contributed by atoms with Crippen LogP contribution >= 0.6 is 27.3 Å². The van der Waals surface area contributed by atoms with Gasteiger partial charge in [0.2, 0.25) is 10.8 Å². The van der Waals surface area contributed by atoms with E-state index >= 15 is 0 Å². The summed E-state index contributed by atoms with van der Waals surface area (Å²) in [6, 6.07) is 14.7. The van der Waals surface area contributed by atoms with Gasteiger partial charge in [0.15, 0.2) is 0 Å². The standard InChI is InChI=1S/C22H21BrFN5OS/c1-14-25-22-29(26-14)21(30)20(31-22)19(15-3-2-4-16(23)13-15)28-11-9-27(10-12-28)18-7-5-17(24)6-8-18/h2-8,13,19,30H,9-12H2,1H3/t19-/m0/s1. The quantitative estimate of drug-likeness (QED) is 0.442. The van der Waals surface area contributed by atoms with Crippen LogP contribution in [0.15, 0.2) is 53.0 Å². The number of nitrogens with zero attached hydrogens (tertiary/aromatic N) is 5. The van der Waals surface area contributed by atoms with Crippen molar-refractivity contribution in [1.29, 1.82) is 0 Å². The van der Waals surface area contributed by atoms with Gasteiger partial charge in [0.25, 0.3) is 0 Å². The Labute approximate surface area is 191 Å². The zero-order valence-electron chi connectivity index (χ0n) is 16.9. The lowest BCUT2D eigenvalue weighted by Crippen LogP contribution is -2.47. The first-order chi connectivity index (χ1) is 15.0. The molecule has 2 aromatic carbocycles. The van der Waals surface area contributed by atoms with Crippen molar-refractivity contribution in [2.75, 3.05) is 31.1 Å². The van der Waals surface area contributed by atoms with Crippen molar-refractivity contribution in [3.8, 4) is 5.88 Å². The zero-order valence-corrected chi connectivity index (χ0v) is 19.3. The van der Waals surface area contributed by atoms with Crippen molar-refractivity contribution >= 4 is 37.9 Å². The molecule has 0 spiro atoms. The Morgan fingerprint density at radius 1 is 1.10 bits per heavy atom. The third-order valence-corrected chi connectivity index (χ3v) is 7.16. The van der Waals surface area contributed by atoms with Gasteiger partial charge in [-0.15, -0.1) is 5.10 Å². The first-order valence-electron chi connectivity index (χ1n) is 10.0. The molecular weight excluding hydrogens is 481 g/mol. The van der Waals surface area contributed by atoms with E-state index in [-0.39, 0.29) is 17.7 Å². The van der Waals surface area contributed by atoms with Gasteiger partial charge in [-0.1, -0.05) is 39.4 Å². The number of rotatable bonds is 4. The molecule has 160 valence electrons. The minimum absolute atomic E-state index is 0.110. The molecule has 1 fully saturated rings. The Balaban J connectivity index is 1.47. The van der Waals surface area contributed by atoms with Crippen LogP contribution in [0.1, 0.15) is 22.3 Å². The number of aryl methyl sites for hydroxylation is 1. The van der Waals surface area contributed by atoms with Gasteiger partial charge >= 0.3 is 0 Å². The van der Waals surface area contributed by atoms with Crippen LogP contribution in [-0.2, 0) is 0 Å². The highest BCUT2D eigenvalue weighted by Gasteiger charge is 2.31. The Morgan fingerprint density at radius 2 is 1.84 bits per heavy atom. The van der Waals surface area contributed by atoms with E-state index in [0.717, 1.165) is 46.8 Å². The molecule has 1 aliphatic rings. The molecule has 0 bridgehead atoms. The second-order valence-corrected chi connectivity index (χ2v) is 9.53. The lowest BCUT2D eigenvalue weighted by molar-refractivity contribution is 0.211. The van der Waals surface area contributed by atoms with Crippen LogP contribution < -0.4 is 4.90 Å². The fourth-order valence-corrected chi connectivity index (χ4v) is 5.70. The molecule has 3 heterocycles. The summed E-state index contributed by atoms with van der Waals surface area (Å²) in [5.41, 5.74) is 2.12. The van der Waals surface area contributed by atoms with Gasteiger partial charge in [0.1, 0.15) is 11.6 Å². The maximum Gasteiger partial charge on any atom is 0.230 e. The Bertz CT molecular complexity index is 1220. The fraction of sp³-hybridized carbons (Fsp3) is 0.273. The number of hydrogen-bond acceptors (Lipinski definition) is 6. The Morgan fingerprint density at radius 3 is 2.52 bits per heavy atom. The van der Waals surface area contributed by atoms with Gasteiger partial charge < -0.3 is 10.0 Å². The third-order valence-electron chi connectivity index (χ3n) is 5.59. The van der Waals surface area contributed by atoms with Gasteiger partial charge in [0, 0.05) is 36.3 Å². The van der Waals surface area contributed by atoms with Crippen LogP contribution in [0.3, 0.4) is 0 Å². The summed E-state index contributed by atoms with van der Waals surface area (Å²) in [7, 11) is 0. The first kappa shape index (κ1) is 20.4. The summed E-state index contributed by atoms with van der Waals surface area (Å²) >= 11 is 5.05. The zero-order chi connectivity index (χ0) is 21.5. The number of thiazole rings is 1. The summed E-state index contributed by atoms with van der Waals surface area (Å²) in [6.07, 6.45) is 0. The van der Waals surface area contributed by atoms with Crippen molar-refractivity contribution in [3.63, 3.8) is 0 Å². The monoisotopic (exact) mass is 501 g/mol. The number of aromatic hydroxyl groups is 1. The maximum atomic E-state index is 13.3. The molecule has 1 aliphatic heterocycles. The van der Waals surface area contributed by atoms with Crippen molar-refractivity contribution in [3.05, 3.63) is 75.1 Å². The fourth-order valence-electron chi connectivity index (χ4n) is 4.12. The summed E-state index contributed by atoms with van der Waals surface area (Å²) in [6.45, 7) is 5.06. The second kappa shape index (κ2) is 8.22. The highest BCUT2D eigenvalue weighted by atomic mass is 79.9. The van der Waals surface area contributed by atoms with E-state index in [9.17, 15) is 9.50 Å². The Kier molecular flexibility index (Phi) is 5.41. The minimum Gasteiger partial charge on any atom is -0.492 e. The molecule has 31 heavy (non-hydrogen) atoms. The number of piperazine rings is 1. The molecule has 1 saturated heterocycles. The lowest BCUT2D eigenvalue weighted by atomic mass is 10.0. The molecule has 0 amide bonds. The van der Waals surface area contributed by atoms with Crippen LogP contribution in [0.4, 0.5) is 10.1 Å².